The summed E-state index contributed by atoms with van der Waals surface area (Å²) < 4.78 is 0. The van der Waals surface area contributed by atoms with Crippen molar-refractivity contribution in [1.29, 1.82) is 0 Å². The molecule has 2 aromatic rings. The standard InChI is InChI=1S/C14H19ClN4/c1-2-13(11-5-7-12(15)8-6-11)16-9-3-4-14-17-10-18-19-14/h5-8,10,13,16H,2-4,9H2,1H3,(H,17,18,19). The summed E-state index contributed by atoms with van der Waals surface area (Å²) >= 11 is 5.91. The van der Waals surface area contributed by atoms with Crippen LogP contribution in [0.2, 0.25) is 5.02 Å². The maximum atomic E-state index is 5.91. The van der Waals surface area contributed by atoms with Crippen LogP contribution < -0.4 is 5.32 Å². The van der Waals surface area contributed by atoms with Gasteiger partial charge in [-0.3, -0.25) is 5.10 Å². The number of nitrogens with one attached hydrogen (secondary N) is 2. The average Bonchev–Trinajstić information content (AvgIpc) is 2.93. The lowest BCUT2D eigenvalue weighted by molar-refractivity contribution is 0.508. The van der Waals surface area contributed by atoms with E-state index in [9.17, 15) is 0 Å². The van der Waals surface area contributed by atoms with Gasteiger partial charge in [0.2, 0.25) is 0 Å². The highest BCUT2D eigenvalue weighted by molar-refractivity contribution is 6.30. The lowest BCUT2D eigenvalue weighted by atomic mass is 10.0. The van der Waals surface area contributed by atoms with Crippen molar-refractivity contribution in [2.45, 2.75) is 32.2 Å². The smallest absolute Gasteiger partial charge is 0.137 e. The average molecular weight is 279 g/mol. The number of hydrogen-bond acceptors (Lipinski definition) is 3. The first-order chi connectivity index (χ1) is 9.29. The second-order valence-corrected chi connectivity index (χ2v) is 4.94. The third-order valence-electron chi connectivity index (χ3n) is 3.13. The van der Waals surface area contributed by atoms with Crippen LogP contribution in [0, 0.1) is 0 Å². The SMILES string of the molecule is CCC(NCCCc1ncn[nH]1)c1ccc(Cl)cc1. The van der Waals surface area contributed by atoms with Crippen LogP contribution in [0.5, 0.6) is 0 Å². The van der Waals surface area contributed by atoms with Crippen molar-refractivity contribution in [3.05, 3.63) is 47.0 Å². The number of aryl methyl sites for hydroxylation is 1. The minimum absolute atomic E-state index is 0.381. The van der Waals surface area contributed by atoms with Crippen LogP contribution in [-0.4, -0.2) is 21.7 Å². The maximum absolute atomic E-state index is 5.91. The Morgan fingerprint density at radius 1 is 1.32 bits per heavy atom. The van der Waals surface area contributed by atoms with Crippen molar-refractivity contribution >= 4 is 11.6 Å². The molecule has 1 atom stereocenters. The molecule has 0 bridgehead atoms. The van der Waals surface area contributed by atoms with Gasteiger partial charge in [0.15, 0.2) is 0 Å². The van der Waals surface area contributed by atoms with Gasteiger partial charge >= 0.3 is 0 Å². The number of nitrogens with zero attached hydrogens (tertiary/aromatic N) is 2. The van der Waals surface area contributed by atoms with Crippen molar-refractivity contribution in [2.75, 3.05) is 6.54 Å². The number of H-pyrrole nitrogens is 1. The molecule has 19 heavy (non-hydrogen) atoms. The van der Waals surface area contributed by atoms with Crippen LogP contribution in [0.15, 0.2) is 30.6 Å². The summed E-state index contributed by atoms with van der Waals surface area (Å²) in [6, 6.07) is 8.43. The predicted octanol–water partition coefficient (Wildman–Crippen LogP) is 3.13. The predicted molar refractivity (Wildman–Crippen MR) is 77.2 cm³/mol. The minimum Gasteiger partial charge on any atom is -0.310 e. The summed E-state index contributed by atoms with van der Waals surface area (Å²) in [5.74, 6) is 0.946. The van der Waals surface area contributed by atoms with Gasteiger partial charge in [0.25, 0.3) is 0 Å². The molecule has 0 radical (unpaired) electrons. The molecule has 0 aliphatic rings. The third-order valence-corrected chi connectivity index (χ3v) is 3.38. The minimum atomic E-state index is 0.381. The monoisotopic (exact) mass is 278 g/mol. The zero-order chi connectivity index (χ0) is 13.5. The first-order valence-electron chi connectivity index (χ1n) is 6.62. The molecule has 0 fully saturated rings. The summed E-state index contributed by atoms with van der Waals surface area (Å²) in [5, 5.41) is 11.1. The van der Waals surface area contributed by atoms with Crippen LogP contribution in [0.25, 0.3) is 0 Å². The highest BCUT2D eigenvalue weighted by atomic mass is 35.5. The van der Waals surface area contributed by atoms with Crippen LogP contribution in [-0.2, 0) is 6.42 Å². The first kappa shape index (κ1) is 14.0. The zero-order valence-electron chi connectivity index (χ0n) is 11.1. The number of benzene rings is 1. The van der Waals surface area contributed by atoms with Gasteiger partial charge in [-0.2, -0.15) is 5.10 Å². The van der Waals surface area contributed by atoms with Crippen LogP contribution >= 0.6 is 11.6 Å². The van der Waals surface area contributed by atoms with E-state index in [1.165, 1.54) is 5.56 Å². The molecule has 0 aliphatic heterocycles. The molecular weight excluding hydrogens is 260 g/mol. The van der Waals surface area contributed by atoms with E-state index in [2.05, 4.69) is 39.6 Å². The van der Waals surface area contributed by atoms with Crippen LogP contribution in [0.3, 0.4) is 0 Å². The number of aromatic nitrogens is 3. The molecule has 1 unspecified atom stereocenters. The van der Waals surface area contributed by atoms with Gasteiger partial charge in [-0.05, 0) is 37.1 Å². The van der Waals surface area contributed by atoms with Crippen molar-refractivity contribution in [3.8, 4) is 0 Å². The van der Waals surface area contributed by atoms with Gasteiger partial charge in [-0.25, -0.2) is 4.98 Å². The Balaban J connectivity index is 1.77. The third kappa shape index (κ3) is 4.33. The van der Waals surface area contributed by atoms with Gasteiger partial charge in [0, 0.05) is 17.5 Å². The van der Waals surface area contributed by atoms with Crippen molar-refractivity contribution < 1.29 is 0 Å². The summed E-state index contributed by atoms with van der Waals surface area (Å²) in [6.07, 6.45) is 4.57. The fourth-order valence-corrected chi connectivity index (χ4v) is 2.20. The van der Waals surface area contributed by atoms with E-state index in [0.717, 1.165) is 36.7 Å². The molecule has 1 aromatic heterocycles. The van der Waals surface area contributed by atoms with Gasteiger partial charge in [0.05, 0.1) is 0 Å². The molecule has 0 amide bonds. The van der Waals surface area contributed by atoms with E-state index in [-0.39, 0.29) is 0 Å². The maximum Gasteiger partial charge on any atom is 0.137 e. The Morgan fingerprint density at radius 3 is 2.74 bits per heavy atom. The number of aromatic amines is 1. The summed E-state index contributed by atoms with van der Waals surface area (Å²) in [5.41, 5.74) is 1.28. The fraction of sp³-hybridized carbons (Fsp3) is 0.429. The Labute approximate surface area is 118 Å². The van der Waals surface area contributed by atoms with E-state index in [4.69, 9.17) is 11.6 Å². The molecule has 2 N–H and O–H groups in total. The Kier molecular flexibility index (Phi) is 5.36. The van der Waals surface area contributed by atoms with E-state index in [1.807, 2.05) is 12.1 Å². The second-order valence-electron chi connectivity index (χ2n) is 4.50. The van der Waals surface area contributed by atoms with Gasteiger partial charge < -0.3 is 5.32 Å². The van der Waals surface area contributed by atoms with Crippen LogP contribution in [0.4, 0.5) is 0 Å². The highest BCUT2D eigenvalue weighted by Gasteiger charge is 2.08. The van der Waals surface area contributed by atoms with Crippen molar-refractivity contribution in [1.82, 2.24) is 20.5 Å². The number of rotatable bonds is 7. The molecular formula is C14H19ClN4. The molecule has 4 nitrogen and oxygen atoms in total. The molecule has 0 saturated carbocycles. The molecule has 0 saturated heterocycles. The first-order valence-corrected chi connectivity index (χ1v) is 7.00. The normalized spacial score (nSPS) is 12.5. The van der Waals surface area contributed by atoms with E-state index in [0.29, 0.717) is 6.04 Å². The summed E-state index contributed by atoms with van der Waals surface area (Å²) in [7, 11) is 0. The quantitative estimate of drug-likeness (QED) is 0.765. The van der Waals surface area contributed by atoms with Gasteiger partial charge in [-0.1, -0.05) is 30.7 Å². The molecule has 102 valence electrons. The Morgan fingerprint density at radius 2 is 2.11 bits per heavy atom. The molecule has 5 heteroatoms. The Bertz CT molecular complexity index is 467. The van der Waals surface area contributed by atoms with E-state index < -0.39 is 0 Å². The molecule has 0 aliphatic carbocycles. The highest BCUT2D eigenvalue weighted by Crippen LogP contribution is 2.19. The van der Waals surface area contributed by atoms with Crippen molar-refractivity contribution in [3.63, 3.8) is 0 Å². The molecule has 1 aromatic carbocycles. The number of halogens is 1. The largest absolute Gasteiger partial charge is 0.310 e. The Hall–Kier alpha value is -1.39. The van der Waals surface area contributed by atoms with Gasteiger partial charge in [0.1, 0.15) is 12.2 Å². The molecule has 1 heterocycles. The van der Waals surface area contributed by atoms with E-state index >= 15 is 0 Å². The zero-order valence-corrected chi connectivity index (χ0v) is 11.8. The van der Waals surface area contributed by atoms with E-state index in [1.54, 1.807) is 6.33 Å². The molecule has 2 rings (SSSR count). The number of hydrogen-bond donors (Lipinski definition) is 2. The van der Waals surface area contributed by atoms with Gasteiger partial charge in [-0.15, -0.1) is 0 Å². The fourth-order valence-electron chi connectivity index (χ4n) is 2.08. The lowest BCUT2D eigenvalue weighted by Gasteiger charge is -2.17. The summed E-state index contributed by atoms with van der Waals surface area (Å²) in [6.45, 7) is 3.14. The van der Waals surface area contributed by atoms with Crippen molar-refractivity contribution in [2.24, 2.45) is 0 Å². The second kappa shape index (κ2) is 7.26. The van der Waals surface area contributed by atoms with Crippen LogP contribution in [0.1, 0.15) is 37.2 Å². The lowest BCUT2D eigenvalue weighted by Crippen LogP contribution is -2.22. The summed E-state index contributed by atoms with van der Waals surface area (Å²) in [4.78, 5) is 4.11. The topological polar surface area (TPSA) is 53.6 Å². The molecule has 0 spiro atoms.